The number of sulfonamides is 1. The van der Waals surface area contributed by atoms with Gasteiger partial charge in [0.15, 0.2) is 0 Å². The monoisotopic (exact) mass is 477 g/mol. The van der Waals surface area contributed by atoms with Crippen molar-refractivity contribution >= 4 is 39.1 Å². The van der Waals surface area contributed by atoms with Gasteiger partial charge in [0.05, 0.1) is 17.4 Å². The van der Waals surface area contributed by atoms with Crippen LogP contribution in [0.5, 0.6) is 0 Å². The van der Waals surface area contributed by atoms with E-state index in [2.05, 4.69) is 17.6 Å². The molecular formula is C23H28ClN3O4S. The van der Waals surface area contributed by atoms with Crippen molar-refractivity contribution in [2.24, 2.45) is 5.92 Å². The standard InChI is InChI=1S/C23H28ClN3O4S/c1-16-6-5-13-27(15-16)32(30,31)19-11-9-18(10-12-19)26-23(29)14-22(25-17(2)28)20-7-3-4-8-21(20)24/h3-4,7-12,16,22H,5-6,13-15H2,1-2H3,(H,25,28)(H,26,29)/t16-,22-/m0/s1. The van der Waals surface area contributed by atoms with Gasteiger partial charge in [-0.1, -0.05) is 36.7 Å². The maximum Gasteiger partial charge on any atom is 0.243 e. The van der Waals surface area contributed by atoms with Crippen LogP contribution in [0.15, 0.2) is 53.4 Å². The van der Waals surface area contributed by atoms with Crippen molar-refractivity contribution in [3.8, 4) is 0 Å². The predicted octanol–water partition coefficient (Wildman–Crippen LogP) is 3.97. The van der Waals surface area contributed by atoms with Crippen LogP contribution in [0.2, 0.25) is 5.02 Å². The summed E-state index contributed by atoms with van der Waals surface area (Å²) < 4.78 is 27.3. The van der Waals surface area contributed by atoms with Crippen molar-refractivity contribution in [2.45, 2.75) is 44.0 Å². The molecule has 0 spiro atoms. The molecule has 1 aliphatic rings. The van der Waals surface area contributed by atoms with Gasteiger partial charge in [-0.2, -0.15) is 4.31 Å². The Labute approximate surface area is 194 Å². The number of piperidine rings is 1. The van der Waals surface area contributed by atoms with Gasteiger partial charge in [-0.3, -0.25) is 9.59 Å². The fourth-order valence-corrected chi connectivity index (χ4v) is 5.73. The van der Waals surface area contributed by atoms with E-state index in [9.17, 15) is 18.0 Å². The second-order valence-corrected chi connectivity index (χ2v) is 10.5. The second kappa shape index (κ2) is 10.5. The van der Waals surface area contributed by atoms with E-state index < -0.39 is 16.1 Å². The normalized spacial score (nSPS) is 18.0. The van der Waals surface area contributed by atoms with Crippen LogP contribution in [0.4, 0.5) is 5.69 Å². The number of hydrogen-bond donors (Lipinski definition) is 2. The van der Waals surface area contributed by atoms with Crippen molar-refractivity contribution in [1.29, 1.82) is 0 Å². The number of nitrogens with one attached hydrogen (secondary N) is 2. The lowest BCUT2D eigenvalue weighted by Gasteiger charge is -2.30. The first-order valence-electron chi connectivity index (χ1n) is 10.6. The Bertz CT molecular complexity index is 1070. The third-order valence-electron chi connectivity index (χ3n) is 5.44. The Morgan fingerprint density at radius 1 is 1.16 bits per heavy atom. The molecule has 172 valence electrons. The van der Waals surface area contributed by atoms with Crippen LogP contribution in [-0.4, -0.2) is 37.6 Å². The first-order valence-corrected chi connectivity index (χ1v) is 12.4. The number of anilines is 1. The molecule has 2 atom stereocenters. The van der Waals surface area contributed by atoms with Crippen LogP contribution in [0.1, 0.15) is 44.7 Å². The number of halogens is 1. The highest BCUT2D eigenvalue weighted by atomic mass is 35.5. The van der Waals surface area contributed by atoms with E-state index in [0.29, 0.717) is 35.3 Å². The van der Waals surface area contributed by atoms with Gasteiger partial charge in [-0.15, -0.1) is 0 Å². The molecule has 0 radical (unpaired) electrons. The Balaban J connectivity index is 1.68. The number of benzene rings is 2. The molecule has 2 aromatic carbocycles. The first kappa shape index (κ1) is 24.2. The smallest absolute Gasteiger partial charge is 0.243 e. The predicted molar refractivity (Wildman–Crippen MR) is 125 cm³/mol. The van der Waals surface area contributed by atoms with Crippen LogP contribution < -0.4 is 10.6 Å². The summed E-state index contributed by atoms with van der Waals surface area (Å²) in [5, 5.41) is 5.97. The SMILES string of the molecule is CC(=O)N[C@@H](CC(=O)Nc1ccc(S(=O)(=O)N2CCC[C@H](C)C2)cc1)c1ccccc1Cl. The number of hydrogen-bond acceptors (Lipinski definition) is 4. The highest BCUT2D eigenvalue weighted by molar-refractivity contribution is 7.89. The van der Waals surface area contributed by atoms with Gasteiger partial charge in [0.2, 0.25) is 21.8 Å². The minimum Gasteiger partial charge on any atom is -0.349 e. The van der Waals surface area contributed by atoms with E-state index in [1.165, 1.54) is 23.4 Å². The number of rotatable bonds is 7. The lowest BCUT2D eigenvalue weighted by Crippen LogP contribution is -2.39. The highest BCUT2D eigenvalue weighted by Crippen LogP contribution is 2.27. The number of amides is 2. The highest BCUT2D eigenvalue weighted by Gasteiger charge is 2.28. The molecule has 7 nitrogen and oxygen atoms in total. The number of nitrogens with zero attached hydrogens (tertiary/aromatic N) is 1. The lowest BCUT2D eigenvalue weighted by atomic mass is 10.0. The Kier molecular flexibility index (Phi) is 7.92. The van der Waals surface area contributed by atoms with E-state index in [-0.39, 0.29) is 23.1 Å². The van der Waals surface area contributed by atoms with Crippen LogP contribution >= 0.6 is 11.6 Å². The molecule has 0 aromatic heterocycles. The van der Waals surface area contributed by atoms with Gasteiger partial charge in [0.1, 0.15) is 0 Å². The molecule has 0 unspecified atom stereocenters. The van der Waals surface area contributed by atoms with Crippen LogP contribution in [-0.2, 0) is 19.6 Å². The summed E-state index contributed by atoms with van der Waals surface area (Å²) >= 11 is 6.24. The van der Waals surface area contributed by atoms with Crippen molar-refractivity contribution in [1.82, 2.24) is 9.62 Å². The van der Waals surface area contributed by atoms with E-state index in [0.717, 1.165) is 12.8 Å². The van der Waals surface area contributed by atoms with Crippen LogP contribution in [0.25, 0.3) is 0 Å². The zero-order valence-electron chi connectivity index (χ0n) is 18.2. The zero-order chi connectivity index (χ0) is 23.3. The Morgan fingerprint density at radius 2 is 1.84 bits per heavy atom. The van der Waals surface area contributed by atoms with E-state index in [4.69, 9.17) is 11.6 Å². The average Bonchev–Trinajstić information content (AvgIpc) is 2.73. The van der Waals surface area contributed by atoms with Crippen molar-refractivity contribution in [3.63, 3.8) is 0 Å². The first-order chi connectivity index (χ1) is 15.2. The maximum absolute atomic E-state index is 12.9. The van der Waals surface area contributed by atoms with Gasteiger partial charge < -0.3 is 10.6 Å². The third-order valence-corrected chi connectivity index (χ3v) is 7.67. The molecule has 1 heterocycles. The fraction of sp³-hybridized carbons (Fsp3) is 0.391. The fourth-order valence-electron chi connectivity index (χ4n) is 3.86. The van der Waals surface area contributed by atoms with Crippen LogP contribution in [0.3, 0.4) is 0 Å². The molecule has 0 bridgehead atoms. The summed E-state index contributed by atoms with van der Waals surface area (Å²) in [6.07, 6.45) is 1.87. The maximum atomic E-state index is 12.9. The van der Waals surface area contributed by atoms with Gasteiger partial charge in [0, 0.05) is 30.7 Å². The van der Waals surface area contributed by atoms with Gasteiger partial charge in [-0.05, 0) is 54.7 Å². The molecule has 2 N–H and O–H groups in total. The second-order valence-electron chi connectivity index (χ2n) is 8.16. The van der Waals surface area contributed by atoms with Crippen LogP contribution in [0, 0.1) is 5.92 Å². The summed E-state index contributed by atoms with van der Waals surface area (Å²) in [7, 11) is -3.55. The van der Waals surface area contributed by atoms with Crippen molar-refractivity contribution in [2.75, 3.05) is 18.4 Å². The molecule has 1 fully saturated rings. The molecule has 9 heteroatoms. The van der Waals surface area contributed by atoms with Crippen molar-refractivity contribution in [3.05, 3.63) is 59.1 Å². The average molecular weight is 478 g/mol. The van der Waals surface area contributed by atoms with E-state index >= 15 is 0 Å². The lowest BCUT2D eigenvalue weighted by molar-refractivity contribution is -0.120. The quantitative estimate of drug-likeness (QED) is 0.630. The summed E-state index contributed by atoms with van der Waals surface area (Å²) in [5.41, 5.74) is 1.12. The molecular weight excluding hydrogens is 450 g/mol. The van der Waals surface area contributed by atoms with E-state index in [1.807, 2.05) is 0 Å². The summed E-state index contributed by atoms with van der Waals surface area (Å²) in [6, 6.07) is 12.6. The topological polar surface area (TPSA) is 95.6 Å². The third kappa shape index (κ3) is 6.09. The minimum atomic E-state index is -3.55. The summed E-state index contributed by atoms with van der Waals surface area (Å²) in [5.74, 6) is -0.264. The molecule has 1 aliphatic heterocycles. The zero-order valence-corrected chi connectivity index (χ0v) is 19.7. The largest absolute Gasteiger partial charge is 0.349 e. The van der Waals surface area contributed by atoms with Gasteiger partial charge in [0.25, 0.3) is 0 Å². The van der Waals surface area contributed by atoms with Gasteiger partial charge >= 0.3 is 0 Å². The molecule has 2 aromatic rings. The van der Waals surface area contributed by atoms with E-state index in [1.54, 1.807) is 36.4 Å². The summed E-state index contributed by atoms with van der Waals surface area (Å²) in [6.45, 7) is 4.48. The molecule has 1 saturated heterocycles. The van der Waals surface area contributed by atoms with Crippen molar-refractivity contribution < 1.29 is 18.0 Å². The number of carbonyl (C=O) groups excluding carboxylic acids is 2. The molecule has 32 heavy (non-hydrogen) atoms. The molecule has 0 saturated carbocycles. The van der Waals surface area contributed by atoms with Gasteiger partial charge in [-0.25, -0.2) is 8.42 Å². The molecule has 2 amide bonds. The Morgan fingerprint density at radius 3 is 2.47 bits per heavy atom. The minimum absolute atomic E-state index is 0.0188. The summed E-state index contributed by atoms with van der Waals surface area (Å²) in [4.78, 5) is 24.4. The number of carbonyl (C=O) groups is 2. The molecule has 0 aliphatic carbocycles. The Hall–Kier alpha value is -2.42. The molecule has 3 rings (SSSR count).